The third kappa shape index (κ3) is 5.12. The van der Waals surface area contributed by atoms with Crippen molar-refractivity contribution < 1.29 is 38.2 Å². The first-order valence-electron chi connectivity index (χ1n) is 11.1. The first-order valence-corrected chi connectivity index (χ1v) is 12.5. The van der Waals surface area contributed by atoms with Gasteiger partial charge in [0.2, 0.25) is 10.0 Å². The maximum atomic E-state index is 13.5. The first-order chi connectivity index (χ1) is 17.9. The van der Waals surface area contributed by atoms with Gasteiger partial charge in [0, 0.05) is 25.2 Å². The van der Waals surface area contributed by atoms with Crippen molar-refractivity contribution in [2.24, 2.45) is 5.73 Å². The van der Waals surface area contributed by atoms with Gasteiger partial charge in [0.05, 0.1) is 16.1 Å². The van der Waals surface area contributed by atoms with E-state index in [9.17, 15) is 33.5 Å². The molecule has 1 aliphatic rings. The van der Waals surface area contributed by atoms with Gasteiger partial charge < -0.3 is 31.5 Å². The lowest BCUT2D eigenvalue weighted by molar-refractivity contribution is -0.385. The first kappa shape index (κ1) is 27.2. The maximum absolute atomic E-state index is 13.5. The molecule has 204 valence electrons. The number of carboxylic acid groups (broad SMARTS) is 1. The number of imidazole rings is 1. The molecular weight excluding hydrogens is 528 g/mol. The fourth-order valence-corrected chi connectivity index (χ4v) is 5.50. The number of hydrogen-bond acceptors (Lipinski definition) is 13. The third-order valence-electron chi connectivity index (χ3n) is 6.05. The molecule has 1 aliphatic heterocycles. The molecule has 3 aromatic rings. The van der Waals surface area contributed by atoms with E-state index in [1.807, 2.05) is 0 Å². The van der Waals surface area contributed by atoms with Crippen LogP contribution in [0.5, 0.6) is 0 Å². The predicted molar refractivity (Wildman–Crippen MR) is 128 cm³/mol. The van der Waals surface area contributed by atoms with Crippen LogP contribution in [0.1, 0.15) is 12.6 Å². The van der Waals surface area contributed by atoms with E-state index in [-0.39, 0.29) is 23.4 Å². The second kappa shape index (κ2) is 10.5. The van der Waals surface area contributed by atoms with E-state index in [0.717, 1.165) is 22.5 Å². The second-order valence-electron chi connectivity index (χ2n) is 8.48. The summed E-state index contributed by atoms with van der Waals surface area (Å²) in [5.41, 5.74) is 11.3. The topological polar surface area (TPSA) is 263 Å². The molecule has 0 aliphatic carbocycles. The average molecular weight is 553 g/mol. The normalized spacial score (nSPS) is 22.6. The number of aromatic nitrogens is 4. The van der Waals surface area contributed by atoms with E-state index in [4.69, 9.17) is 21.3 Å². The minimum absolute atomic E-state index is 0.0716. The standard InChI is InChI=1S/C20H24N8O9S/c21-12(20(31)32)4-5-26(38(35,36)11-3-1-2-10(6-11)28(33)34)7-13-15(29)16(30)19(37-13)27-9-25-14-17(22)23-8-24-18(14)27/h1-3,6,8-9,12-13,15-16,19,29-30H,4-5,7,21H2,(H,31,32)(H2,22,23,24)/t12-,13+,15+,16+,19+/m0/s1. The highest BCUT2D eigenvalue weighted by Crippen LogP contribution is 2.33. The number of nitrogens with zero attached hydrogens (tertiary/aromatic N) is 6. The molecule has 0 spiro atoms. The molecule has 0 radical (unpaired) electrons. The van der Waals surface area contributed by atoms with Gasteiger partial charge in [-0.05, 0) is 12.5 Å². The Morgan fingerprint density at radius 2 is 2.00 bits per heavy atom. The van der Waals surface area contributed by atoms with Crippen LogP contribution >= 0.6 is 0 Å². The fourth-order valence-electron chi connectivity index (χ4n) is 3.99. The van der Waals surface area contributed by atoms with Crippen molar-refractivity contribution in [3.8, 4) is 0 Å². The Labute approximate surface area is 214 Å². The van der Waals surface area contributed by atoms with Crippen LogP contribution < -0.4 is 11.5 Å². The molecule has 2 aromatic heterocycles. The van der Waals surface area contributed by atoms with Crippen molar-refractivity contribution in [3.63, 3.8) is 0 Å². The molecule has 18 heteroatoms. The van der Waals surface area contributed by atoms with Gasteiger partial charge in [-0.3, -0.25) is 19.5 Å². The van der Waals surface area contributed by atoms with Gasteiger partial charge in [-0.1, -0.05) is 6.07 Å². The number of nitrogen functional groups attached to an aromatic ring is 1. The number of ether oxygens (including phenoxy) is 1. The van der Waals surface area contributed by atoms with Gasteiger partial charge >= 0.3 is 5.97 Å². The number of carboxylic acids is 1. The number of carbonyl (C=O) groups is 1. The molecule has 7 N–H and O–H groups in total. The van der Waals surface area contributed by atoms with Gasteiger partial charge in [0.15, 0.2) is 17.7 Å². The maximum Gasteiger partial charge on any atom is 0.320 e. The molecule has 3 heterocycles. The largest absolute Gasteiger partial charge is 0.480 e. The van der Waals surface area contributed by atoms with Gasteiger partial charge in [-0.2, -0.15) is 4.31 Å². The van der Waals surface area contributed by atoms with E-state index in [1.165, 1.54) is 23.3 Å². The number of fused-ring (bicyclic) bond motifs is 1. The lowest BCUT2D eigenvalue weighted by atomic mass is 10.1. The lowest BCUT2D eigenvalue weighted by Crippen LogP contribution is -2.45. The number of benzene rings is 1. The summed E-state index contributed by atoms with van der Waals surface area (Å²) in [5.74, 6) is -1.29. The highest BCUT2D eigenvalue weighted by Gasteiger charge is 2.46. The van der Waals surface area contributed by atoms with Crippen molar-refractivity contribution in [1.29, 1.82) is 0 Å². The summed E-state index contributed by atoms with van der Waals surface area (Å²) in [6.45, 7) is -0.973. The summed E-state index contributed by atoms with van der Waals surface area (Å²) in [7, 11) is -4.47. The van der Waals surface area contributed by atoms with Crippen LogP contribution in [0.15, 0.2) is 41.8 Å². The Morgan fingerprint density at radius 3 is 2.68 bits per heavy atom. The summed E-state index contributed by atoms with van der Waals surface area (Å²) in [5, 5.41) is 41.7. The monoisotopic (exact) mass is 552 g/mol. The summed E-state index contributed by atoms with van der Waals surface area (Å²) >= 11 is 0. The van der Waals surface area contributed by atoms with Crippen LogP contribution in [0.25, 0.3) is 11.2 Å². The number of hydrogen-bond donors (Lipinski definition) is 5. The predicted octanol–water partition coefficient (Wildman–Crippen LogP) is -1.57. The van der Waals surface area contributed by atoms with Crippen molar-refractivity contribution in [1.82, 2.24) is 23.8 Å². The minimum Gasteiger partial charge on any atom is -0.480 e. The fraction of sp³-hybridized carbons (Fsp3) is 0.400. The number of aliphatic carboxylic acids is 1. The Bertz CT molecular complexity index is 1470. The lowest BCUT2D eigenvalue weighted by Gasteiger charge is -2.26. The number of nitro benzene ring substituents is 1. The Balaban J connectivity index is 1.64. The number of aliphatic hydroxyl groups is 2. The van der Waals surface area contributed by atoms with Crippen molar-refractivity contribution in [3.05, 3.63) is 47.0 Å². The summed E-state index contributed by atoms with van der Waals surface area (Å²) < 4.78 is 34.8. The van der Waals surface area contributed by atoms with Gasteiger partial charge in [-0.15, -0.1) is 0 Å². The van der Waals surface area contributed by atoms with Crippen molar-refractivity contribution in [2.45, 2.75) is 41.9 Å². The van der Waals surface area contributed by atoms with E-state index >= 15 is 0 Å². The molecule has 4 rings (SSSR count). The SMILES string of the molecule is Nc1ncnc2c1ncn2[C@@H]1O[C@H](CN(CC[C@H](N)C(=O)O)S(=O)(=O)c2cccc([N+](=O)[O-])c2)[C@@H](O)[C@H]1O. The van der Waals surface area contributed by atoms with E-state index < -0.39 is 75.2 Å². The van der Waals surface area contributed by atoms with E-state index in [0.29, 0.717) is 0 Å². The third-order valence-corrected chi connectivity index (χ3v) is 7.92. The summed E-state index contributed by atoms with van der Waals surface area (Å²) in [6.07, 6.45) is -3.56. The average Bonchev–Trinajstić information content (AvgIpc) is 3.43. The summed E-state index contributed by atoms with van der Waals surface area (Å²) in [6, 6.07) is 2.88. The molecule has 0 saturated carbocycles. The molecule has 1 fully saturated rings. The summed E-state index contributed by atoms with van der Waals surface area (Å²) in [4.78, 5) is 33.1. The van der Waals surface area contributed by atoms with Crippen LogP contribution in [0.2, 0.25) is 0 Å². The number of nitrogens with two attached hydrogens (primary N) is 2. The van der Waals surface area contributed by atoms with Gasteiger partial charge in [0.25, 0.3) is 5.69 Å². The number of rotatable bonds is 10. The van der Waals surface area contributed by atoms with Crippen LogP contribution in [0, 0.1) is 10.1 Å². The number of nitro groups is 1. The molecule has 38 heavy (non-hydrogen) atoms. The zero-order valence-electron chi connectivity index (χ0n) is 19.5. The van der Waals surface area contributed by atoms with Crippen LogP contribution in [0.4, 0.5) is 11.5 Å². The van der Waals surface area contributed by atoms with Crippen LogP contribution in [0.3, 0.4) is 0 Å². The molecule has 17 nitrogen and oxygen atoms in total. The highest BCUT2D eigenvalue weighted by atomic mass is 32.2. The number of sulfonamides is 1. The van der Waals surface area contributed by atoms with Crippen molar-refractivity contribution in [2.75, 3.05) is 18.8 Å². The van der Waals surface area contributed by atoms with E-state index in [1.54, 1.807) is 0 Å². The Kier molecular flexibility index (Phi) is 7.54. The zero-order chi connectivity index (χ0) is 27.8. The number of anilines is 1. The zero-order valence-corrected chi connectivity index (χ0v) is 20.3. The minimum atomic E-state index is -4.47. The molecule has 0 amide bonds. The molecule has 5 atom stereocenters. The molecule has 0 unspecified atom stereocenters. The Hall–Kier alpha value is -3.81. The van der Waals surface area contributed by atoms with Crippen molar-refractivity contribution >= 4 is 38.7 Å². The number of aliphatic hydroxyl groups excluding tert-OH is 2. The van der Waals surface area contributed by atoms with Crippen LogP contribution in [-0.2, 0) is 19.6 Å². The molecular formula is C20H24N8O9S. The molecule has 1 aromatic carbocycles. The Morgan fingerprint density at radius 1 is 1.26 bits per heavy atom. The smallest absolute Gasteiger partial charge is 0.320 e. The van der Waals surface area contributed by atoms with Gasteiger partial charge in [-0.25, -0.2) is 23.4 Å². The van der Waals surface area contributed by atoms with Crippen LogP contribution in [-0.4, -0.2) is 95.9 Å². The quantitative estimate of drug-likeness (QED) is 0.140. The highest BCUT2D eigenvalue weighted by molar-refractivity contribution is 7.89. The second-order valence-corrected chi connectivity index (χ2v) is 10.4. The number of non-ortho nitro benzene ring substituents is 1. The molecule has 0 bridgehead atoms. The van der Waals surface area contributed by atoms with Gasteiger partial charge in [0.1, 0.15) is 36.2 Å². The van der Waals surface area contributed by atoms with E-state index in [2.05, 4.69) is 15.0 Å². The molecule has 1 saturated heterocycles.